The average molecular weight is 150 g/mol. The maximum Gasteiger partial charge on any atom is 0.156 e. The summed E-state index contributed by atoms with van der Waals surface area (Å²) in [5.41, 5.74) is 3.28. The lowest BCUT2D eigenvalue weighted by molar-refractivity contribution is -0.113. The van der Waals surface area contributed by atoms with Crippen LogP contribution in [-0.4, -0.2) is 5.78 Å². The molecule has 0 bridgehead atoms. The molecule has 0 aromatic rings. The Morgan fingerprint density at radius 3 is 2.18 bits per heavy atom. The van der Waals surface area contributed by atoms with Gasteiger partial charge in [-0.05, 0) is 44.3 Å². The van der Waals surface area contributed by atoms with E-state index < -0.39 is 0 Å². The van der Waals surface area contributed by atoms with E-state index >= 15 is 0 Å². The zero-order valence-electron chi connectivity index (χ0n) is 7.24. The second-order valence-electron chi connectivity index (χ2n) is 3.15. The largest absolute Gasteiger partial charge is 0.295 e. The number of rotatable bonds is 2. The Bertz CT molecular complexity index is 209. The summed E-state index contributed by atoms with van der Waals surface area (Å²) in [6, 6.07) is 0. The molecule has 1 nitrogen and oxygen atoms in total. The summed E-state index contributed by atoms with van der Waals surface area (Å²) in [7, 11) is 0. The standard InChI is InChI=1S/C10H14O/c1-7(2)9-5-4-6-10(9)8(3)11/h1,4-6H2,2-3H3. The van der Waals surface area contributed by atoms with E-state index in [9.17, 15) is 4.79 Å². The number of carbonyl (C=O) groups is 1. The Morgan fingerprint density at radius 1 is 1.27 bits per heavy atom. The molecule has 0 aliphatic heterocycles. The SMILES string of the molecule is C=C(C)C1=C(C(C)=O)CCC1. The molecule has 0 saturated heterocycles. The van der Waals surface area contributed by atoms with Crippen LogP contribution in [0.15, 0.2) is 23.3 Å². The normalized spacial score (nSPS) is 17.3. The van der Waals surface area contributed by atoms with Crippen LogP contribution in [0.3, 0.4) is 0 Å². The molecule has 0 heterocycles. The van der Waals surface area contributed by atoms with E-state index in [0.29, 0.717) is 0 Å². The molecule has 0 N–H and O–H groups in total. The van der Waals surface area contributed by atoms with Crippen LogP contribution in [0.25, 0.3) is 0 Å². The summed E-state index contributed by atoms with van der Waals surface area (Å²) in [5, 5.41) is 0. The molecule has 0 spiro atoms. The van der Waals surface area contributed by atoms with Crippen LogP contribution in [0.2, 0.25) is 0 Å². The fraction of sp³-hybridized carbons (Fsp3) is 0.500. The van der Waals surface area contributed by atoms with Gasteiger partial charge < -0.3 is 0 Å². The molecule has 11 heavy (non-hydrogen) atoms. The van der Waals surface area contributed by atoms with Gasteiger partial charge in [0.05, 0.1) is 0 Å². The van der Waals surface area contributed by atoms with Gasteiger partial charge in [-0.25, -0.2) is 0 Å². The summed E-state index contributed by atoms with van der Waals surface area (Å²) < 4.78 is 0. The van der Waals surface area contributed by atoms with Gasteiger partial charge in [0.15, 0.2) is 5.78 Å². The van der Waals surface area contributed by atoms with Crippen LogP contribution in [0.4, 0.5) is 0 Å². The maximum atomic E-state index is 11.1. The molecule has 1 aliphatic carbocycles. The smallest absolute Gasteiger partial charge is 0.156 e. The molecule has 0 amide bonds. The molecule has 1 heteroatoms. The minimum Gasteiger partial charge on any atom is -0.295 e. The number of Topliss-reactive ketones (excluding diaryl/α,β-unsaturated/α-hetero) is 1. The minimum atomic E-state index is 0.223. The first-order valence-corrected chi connectivity index (χ1v) is 4.01. The molecule has 0 atom stereocenters. The third-order valence-electron chi connectivity index (χ3n) is 2.16. The third-order valence-corrected chi connectivity index (χ3v) is 2.16. The quantitative estimate of drug-likeness (QED) is 0.591. The monoisotopic (exact) mass is 150 g/mol. The molecule has 1 rings (SSSR count). The minimum absolute atomic E-state index is 0.223. The Balaban J connectivity index is 2.95. The molecule has 0 radical (unpaired) electrons. The van der Waals surface area contributed by atoms with Crippen molar-refractivity contribution in [2.75, 3.05) is 0 Å². The van der Waals surface area contributed by atoms with Crippen LogP contribution in [0, 0.1) is 0 Å². The number of hydrogen-bond acceptors (Lipinski definition) is 1. The first-order valence-electron chi connectivity index (χ1n) is 4.01. The number of allylic oxidation sites excluding steroid dienone is 3. The fourth-order valence-electron chi connectivity index (χ4n) is 1.60. The van der Waals surface area contributed by atoms with Crippen molar-refractivity contribution in [2.24, 2.45) is 0 Å². The Labute approximate surface area is 67.8 Å². The van der Waals surface area contributed by atoms with Crippen molar-refractivity contribution < 1.29 is 4.79 Å². The molecule has 60 valence electrons. The Kier molecular flexibility index (Phi) is 2.28. The summed E-state index contributed by atoms with van der Waals surface area (Å²) in [5.74, 6) is 0.223. The predicted octanol–water partition coefficient (Wildman–Crippen LogP) is 2.63. The molecular weight excluding hydrogens is 136 g/mol. The van der Waals surface area contributed by atoms with Gasteiger partial charge in [-0.3, -0.25) is 4.79 Å². The number of carbonyl (C=O) groups excluding carboxylic acids is 1. The van der Waals surface area contributed by atoms with Crippen LogP contribution in [0.5, 0.6) is 0 Å². The first-order chi connectivity index (χ1) is 5.13. The topological polar surface area (TPSA) is 17.1 Å². The van der Waals surface area contributed by atoms with E-state index in [1.807, 2.05) is 6.92 Å². The second-order valence-corrected chi connectivity index (χ2v) is 3.15. The molecular formula is C10H14O. The van der Waals surface area contributed by atoms with E-state index in [-0.39, 0.29) is 5.78 Å². The van der Waals surface area contributed by atoms with Gasteiger partial charge in [0.2, 0.25) is 0 Å². The highest BCUT2D eigenvalue weighted by atomic mass is 16.1. The van der Waals surface area contributed by atoms with E-state index in [1.54, 1.807) is 6.92 Å². The number of hydrogen-bond donors (Lipinski definition) is 0. The van der Waals surface area contributed by atoms with Crippen LogP contribution in [-0.2, 0) is 4.79 Å². The first kappa shape index (κ1) is 8.25. The van der Waals surface area contributed by atoms with Crippen LogP contribution >= 0.6 is 0 Å². The summed E-state index contributed by atoms with van der Waals surface area (Å²) >= 11 is 0. The summed E-state index contributed by atoms with van der Waals surface area (Å²) in [6.45, 7) is 7.48. The lowest BCUT2D eigenvalue weighted by atomic mass is 10.0. The average Bonchev–Trinajstić information content (AvgIpc) is 2.32. The molecule has 0 aromatic carbocycles. The molecule has 0 fully saturated rings. The predicted molar refractivity (Wildman–Crippen MR) is 46.4 cm³/mol. The van der Waals surface area contributed by atoms with Crippen molar-refractivity contribution in [2.45, 2.75) is 33.1 Å². The zero-order valence-corrected chi connectivity index (χ0v) is 7.24. The zero-order chi connectivity index (χ0) is 8.43. The third kappa shape index (κ3) is 1.59. The van der Waals surface area contributed by atoms with Crippen molar-refractivity contribution in [3.63, 3.8) is 0 Å². The Hall–Kier alpha value is -0.850. The van der Waals surface area contributed by atoms with Gasteiger partial charge in [-0.2, -0.15) is 0 Å². The Morgan fingerprint density at radius 2 is 1.82 bits per heavy atom. The molecule has 0 aromatic heterocycles. The highest BCUT2D eigenvalue weighted by Gasteiger charge is 2.17. The van der Waals surface area contributed by atoms with E-state index in [1.165, 1.54) is 5.57 Å². The van der Waals surface area contributed by atoms with Crippen LogP contribution in [0.1, 0.15) is 33.1 Å². The van der Waals surface area contributed by atoms with E-state index in [4.69, 9.17) is 0 Å². The van der Waals surface area contributed by atoms with Crippen molar-refractivity contribution >= 4 is 5.78 Å². The van der Waals surface area contributed by atoms with Gasteiger partial charge >= 0.3 is 0 Å². The van der Waals surface area contributed by atoms with Crippen molar-refractivity contribution in [3.05, 3.63) is 23.3 Å². The van der Waals surface area contributed by atoms with E-state index in [0.717, 1.165) is 30.4 Å². The van der Waals surface area contributed by atoms with E-state index in [2.05, 4.69) is 6.58 Å². The molecule has 0 unspecified atom stereocenters. The van der Waals surface area contributed by atoms with Gasteiger partial charge in [-0.1, -0.05) is 12.2 Å². The summed E-state index contributed by atoms with van der Waals surface area (Å²) in [6.07, 6.45) is 3.12. The maximum absolute atomic E-state index is 11.1. The van der Waals surface area contributed by atoms with Gasteiger partial charge in [0.25, 0.3) is 0 Å². The second kappa shape index (κ2) is 3.04. The van der Waals surface area contributed by atoms with Crippen molar-refractivity contribution in [1.82, 2.24) is 0 Å². The fourth-order valence-corrected chi connectivity index (χ4v) is 1.60. The lowest BCUT2D eigenvalue weighted by Crippen LogP contribution is -1.96. The van der Waals surface area contributed by atoms with Crippen molar-refractivity contribution in [1.29, 1.82) is 0 Å². The van der Waals surface area contributed by atoms with Crippen molar-refractivity contribution in [3.8, 4) is 0 Å². The summed E-state index contributed by atoms with van der Waals surface area (Å²) in [4.78, 5) is 11.1. The lowest BCUT2D eigenvalue weighted by Gasteiger charge is -2.01. The highest BCUT2D eigenvalue weighted by molar-refractivity contribution is 5.95. The number of ketones is 1. The molecule has 0 saturated carbocycles. The molecule has 1 aliphatic rings. The van der Waals surface area contributed by atoms with Gasteiger partial charge in [0.1, 0.15) is 0 Å². The van der Waals surface area contributed by atoms with Gasteiger partial charge in [0, 0.05) is 0 Å². The van der Waals surface area contributed by atoms with Crippen LogP contribution < -0.4 is 0 Å². The van der Waals surface area contributed by atoms with Gasteiger partial charge in [-0.15, -0.1) is 0 Å². The highest BCUT2D eigenvalue weighted by Crippen LogP contribution is 2.30.